The molecule has 1 aliphatic carbocycles. The smallest absolute Gasteiger partial charge is 0.274 e. The number of rotatable bonds is 5. The zero-order chi connectivity index (χ0) is 14.3. The molecular formula is C13H22N2O3S. The average molecular weight is 286 g/mol. The molecule has 6 heteroatoms. The van der Waals surface area contributed by atoms with Crippen molar-refractivity contribution < 1.29 is 12.8 Å². The van der Waals surface area contributed by atoms with Crippen LogP contribution in [0.4, 0.5) is 0 Å². The summed E-state index contributed by atoms with van der Waals surface area (Å²) in [6, 6.07) is 3.20. The summed E-state index contributed by atoms with van der Waals surface area (Å²) >= 11 is 0. The zero-order valence-corrected chi connectivity index (χ0v) is 12.7. The largest absolute Gasteiger partial charge is 0.447 e. The molecule has 2 N–H and O–H groups in total. The van der Waals surface area contributed by atoms with Gasteiger partial charge in [-0.15, -0.1) is 0 Å². The molecule has 0 unspecified atom stereocenters. The Morgan fingerprint density at radius 3 is 2.47 bits per heavy atom. The highest BCUT2D eigenvalue weighted by Gasteiger charge is 2.42. The Morgan fingerprint density at radius 1 is 1.32 bits per heavy atom. The van der Waals surface area contributed by atoms with Crippen LogP contribution in [0.2, 0.25) is 0 Å². The molecule has 5 nitrogen and oxygen atoms in total. The van der Waals surface area contributed by atoms with E-state index < -0.39 is 10.0 Å². The SMILES string of the molecule is CC(C)(C)NCc1ccc(S(=O)(=O)NC2(C)CC2)o1. The first-order chi connectivity index (χ1) is 8.60. The van der Waals surface area contributed by atoms with E-state index in [0.29, 0.717) is 12.3 Å². The van der Waals surface area contributed by atoms with Gasteiger partial charge in [-0.2, -0.15) is 0 Å². The lowest BCUT2D eigenvalue weighted by molar-refractivity contribution is 0.358. The van der Waals surface area contributed by atoms with Crippen LogP contribution in [0.5, 0.6) is 0 Å². The molecule has 0 atom stereocenters. The van der Waals surface area contributed by atoms with E-state index in [0.717, 1.165) is 12.8 Å². The number of hydrogen-bond acceptors (Lipinski definition) is 4. The molecule has 1 heterocycles. The Hall–Kier alpha value is -0.850. The second-order valence-electron chi connectivity index (χ2n) is 6.49. The van der Waals surface area contributed by atoms with E-state index >= 15 is 0 Å². The van der Waals surface area contributed by atoms with E-state index in [4.69, 9.17) is 4.42 Å². The van der Waals surface area contributed by atoms with Crippen molar-refractivity contribution in [1.29, 1.82) is 0 Å². The van der Waals surface area contributed by atoms with Crippen LogP contribution in [0.3, 0.4) is 0 Å². The first kappa shape index (κ1) is 14.6. The van der Waals surface area contributed by atoms with Crippen LogP contribution in [-0.4, -0.2) is 19.5 Å². The molecule has 19 heavy (non-hydrogen) atoms. The Bertz CT molecular complexity index is 551. The van der Waals surface area contributed by atoms with Crippen LogP contribution in [0.15, 0.2) is 21.6 Å². The molecule has 2 rings (SSSR count). The number of nitrogens with one attached hydrogen (secondary N) is 2. The van der Waals surface area contributed by atoms with Gasteiger partial charge >= 0.3 is 0 Å². The fraction of sp³-hybridized carbons (Fsp3) is 0.692. The molecule has 1 aromatic rings. The summed E-state index contributed by atoms with van der Waals surface area (Å²) in [5, 5.41) is 3.25. The maximum atomic E-state index is 12.1. The minimum absolute atomic E-state index is 0.00802. The number of hydrogen-bond donors (Lipinski definition) is 2. The topological polar surface area (TPSA) is 71.3 Å². The fourth-order valence-corrected chi connectivity index (χ4v) is 3.03. The van der Waals surface area contributed by atoms with Gasteiger partial charge in [0.15, 0.2) is 0 Å². The van der Waals surface area contributed by atoms with Crippen LogP contribution in [0, 0.1) is 0 Å². The van der Waals surface area contributed by atoms with Crippen molar-refractivity contribution in [3.05, 3.63) is 17.9 Å². The fourth-order valence-electron chi connectivity index (χ4n) is 1.61. The normalized spacial score (nSPS) is 18.5. The summed E-state index contributed by atoms with van der Waals surface area (Å²) in [5.41, 5.74) is -0.318. The van der Waals surface area contributed by atoms with E-state index in [-0.39, 0.29) is 16.2 Å². The molecule has 1 aromatic heterocycles. The van der Waals surface area contributed by atoms with Crippen molar-refractivity contribution in [2.24, 2.45) is 0 Å². The molecule has 1 fully saturated rings. The van der Waals surface area contributed by atoms with Crippen molar-refractivity contribution in [1.82, 2.24) is 10.0 Å². The van der Waals surface area contributed by atoms with Crippen molar-refractivity contribution in [2.45, 2.75) is 63.3 Å². The third kappa shape index (κ3) is 4.06. The second-order valence-corrected chi connectivity index (χ2v) is 8.10. The van der Waals surface area contributed by atoms with Crippen LogP contribution in [0.25, 0.3) is 0 Å². The maximum Gasteiger partial charge on any atom is 0.274 e. The highest BCUT2D eigenvalue weighted by Crippen LogP contribution is 2.36. The maximum absolute atomic E-state index is 12.1. The first-order valence-electron chi connectivity index (χ1n) is 6.47. The summed E-state index contributed by atoms with van der Waals surface area (Å²) in [6.07, 6.45) is 1.76. The quantitative estimate of drug-likeness (QED) is 0.868. The second kappa shape index (κ2) is 4.61. The van der Waals surface area contributed by atoms with Crippen LogP contribution in [-0.2, 0) is 16.6 Å². The van der Waals surface area contributed by atoms with E-state index in [2.05, 4.69) is 10.0 Å². The summed E-state index contributed by atoms with van der Waals surface area (Å²) in [7, 11) is -3.53. The monoisotopic (exact) mass is 286 g/mol. The van der Waals surface area contributed by atoms with Crippen LogP contribution >= 0.6 is 0 Å². The molecular weight excluding hydrogens is 264 g/mol. The van der Waals surface area contributed by atoms with Crippen molar-refractivity contribution in [2.75, 3.05) is 0 Å². The standard InChI is InChI=1S/C13H22N2O3S/c1-12(2,3)14-9-10-5-6-11(18-10)19(16,17)15-13(4)7-8-13/h5-6,14-15H,7-9H2,1-4H3. The summed E-state index contributed by atoms with van der Waals surface area (Å²) in [5.74, 6) is 0.622. The van der Waals surface area contributed by atoms with Crippen molar-refractivity contribution in [3.63, 3.8) is 0 Å². The van der Waals surface area contributed by atoms with E-state index in [1.807, 2.05) is 27.7 Å². The van der Waals surface area contributed by atoms with E-state index in [9.17, 15) is 8.42 Å². The van der Waals surface area contributed by atoms with E-state index in [1.165, 1.54) is 6.07 Å². The Balaban J connectivity index is 2.04. The van der Waals surface area contributed by atoms with Crippen LogP contribution in [0.1, 0.15) is 46.3 Å². The highest BCUT2D eigenvalue weighted by molar-refractivity contribution is 7.89. The molecule has 0 saturated heterocycles. The molecule has 0 spiro atoms. The predicted molar refractivity (Wildman–Crippen MR) is 73.3 cm³/mol. The predicted octanol–water partition coefficient (Wildman–Crippen LogP) is 2.00. The minimum atomic E-state index is -3.53. The third-order valence-corrected chi connectivity index (χ3v) is 4.59. The van der Waals surface area contributed by atoms with Crippen LogP contribution < -0.4 is 10.0 Å². The van der Waals surface area contributed by atoms with Gasteiger partial charge < -0.3 is 9.73 Å². The molecule has 0 aromatic carbocycles. The number of sulfonamides is 1. The van der Waals surface area contributed by atoms with Gasteiger partial charge in [-0.3, -0.25) is 0 Å². The molecule has 108 valence electrons. The molecule has 0 bridgehead atoms. The van der Waals surface area contributed by atoms with Gasteiger partial charge in [-0.1, -0.05) is 0 Å². The molecule has 0 aliphatic heterocycles. The Kier molecular flexibility index (Phi) is 3.53. The van der Waals surface area contributed by atoms with Gasteiger partial charge in [-0.05, 0) is 52.7 Å². The van der Waals surface area contributed by atoms with Gasteiger partial charge in [0.05, 0.1) is 6.54 Å². The van der Waals surface area contributed by atoms with Crippen molar-refractivity contribution in [3.8, 4) is 0 Å². The lowest BCUT2D eigenvalue weighted by Crippen LogP contribution is -2.35. The average Bonchev–Trinajstić information content (AvgIpc) is 2.80. The van der Waals surface area contributed by atoms with Gasteiger partial charge in [0.1, 0.15) is 5.76 Å². The Morgan fingerprint density at radius 2 is 1.95 bits per heavy atom. The minimum Gasteiger partial charge on any atom is -0.447 e. The van der Waals surface area contributed by atoms with Gasteiger partial charge in [0.25, 0.3) is 10.0 Å². The summed E-state index contributed by atoms with van der Waals surface area (Å²) in [6.45, 7) is 8.54. The molecule has 1 saturated carbocycles. The lowest BCUT2D eigenvalue weighted by Gasteiger charge is -2.19. The number of furan rings is 1. The summed E-state index contributed by atoms with van der Waals surface area (Å²) in [4.78, 5) is 0. The van der Waals surface area contributed by atoms with Crippen molar-refractivity contribution >= 4 is 10.0 Å². The molecule has 0 amide bonds. The molecule has 1 aliphatic rings. The zero-order valence-electron chi connectivity index (χ0n) is 11.9. The van der Waals surface area contributed by atoms with Gasteiger partial charge in [0.2, 0.25) is 5.09 Å². The highest BCUT2D eigenvalue weighted by atomic mass is 32.2. The van der Waals surface area contributed by atoms with E-state index in [1.54, 1.807) is 6.07 Å². The Labute approximate surface area is 114 Å². The summed E-state index contributed by atoms with van der Waals surface area (Å²) < 4.78 is 32.2. The molecule has 0 radical (unpaired) electrons. The van der Waals surface area contributed by atoms with Gasteiger partial charge in [0, 0.05) is 11.1 Å². The lowest BCUT2D eigenvalue weighted by atomic mass is 10.1. The third-order valence-electron chi connectivity index (χ3n) is 3.08. The van der Waals surface area contributed by atoms with Gasteiger partial charge in [-0.25, -0.2) is 13.1 Å². The first-order valence-corrected chi connectivity index (χ1v) is 7.96.